The van der Waals surface area contributed by atoms with Crippen molar-refractivity contribution in [3.8, 4) is 0 Å². The third-order valence-corrected chi connectivity index (χ3v) is 4.97. The van der Waals surface area contributed by atoms with Crippen LogP contribution in [0.15, 0.2) is 0 Å². The van der Waals surface area contributed by atoms with Gasteiger partial charge in [0.2, 0.25) is 5.91 Å². The molecule has 5 nitrogen and oxygen atoms in total. The van der Waals surface area contributed by atoms with Crippen LogP contribution < -0.4 is 10.6 Å². The summed E-state index contributed by atoms with van der Waals surface area (Å²) in [5.41, 5.74) is 2.41. The van der Waals surface area contributed by atoms with Crippen LogP contribution in [0.1, 0.15) is 43.9 Å². The Hall–Kier alpha value is -1.36. The molecular formula is C16H26N4O. The summed E-state index contributed by atoms with van der Waals surface area (Å²) >= 11 is 0. The lowest BCUT2D eigenvalue weighted by Crippen LogP contribution is -2.34. The molecule has 116 valence electrons. The lowest BCUT2D eigenvalue weighted by molar-refractivity contribution is -0.117. The van der Waals surface area contributed by atoms with Gasteiger partial charge in [-0.05, 0) is 57.0 Å². The minimum absolute atomic E-state index is 0.130. The first-order chi connectivity index (χ1) is 10.1. The first-order valence-corrected chi connectivity index (χ1v) is 8.20. The van der Waals surface area contributed by atoms with E-state index in [0.29, 0.717) is 18.3 Å². The van der Waals surface area contributed by atoms with Gasteiger partial charge >= 0.3 is 0 Å². The SMILES string of the molecule is CC(CC(=O)Nc1c2c(nn1C)CCC2)C1CCCNC1. The van der Waals surface area contributed by atoms with Gasteiger partial charge in [0.05, 0.1) is 5.69 Å². The number of nitrogens with zero attached hydrogens (tertiary/aromatic N) is 2. The zero-order valence-electron chi connectivity index (χ0n) is 13.1. The molecule has 0 spiro atoms. The van der Waals surface area contributed by atoms with Crippen molar-refractivity contribution in [1.82, 2.24) is 15.1 Å². The summed E-state index contributed by atoms with van der Waals surface area (Å²) in [6, 6.07) is 0. The van der Waals surface area contributed by atoms with Crippen LogP contribution in [0.4, 0.5) is 5.82 Å². The zero-order valence-corrected chi connectivity index (χ0v) is 13.1. The second-order valence-corrected chi connectivity index (χ2v) is 6.59. The minimum atomic E-state index is 0.130. The van der Waals surface area contributed by atoms with E-state index in [9.17, 15) is 4.79 Å². The van der Waals surface area contributed by atoms with Crippen LogP contribution in [0.25, 0.3) is 0 Å². The molecule has 2 atom stereocenters. The van der Waals surface area contributed by atoms with Crippen LogP contribution in [0.2, 0.25) is 0 Å². The number of amides is 1. The molecule has 1 aliphatic heterocycles. The fourth-order valence-corrected chi connectivity index (χ4v) is 3.68. The average Bonchev–Trinajstić information content (AvgIpc) is 3.03. The van der Waals surface area contributed by atoms with Crippen LogP contribution in [0.5, 0.6) is 0 Å². The maximum atomic E-state index is 12.3. The van der Waals surface area contributed by atoms with Gasteiger partial charge in [-0.1, -0.05) is 6.92 Å². The number of hydrogen-bond acceptors (Lipinski definition) is 3. The minimum Gasteiger partial charge on any atom is -0.316 e. The van der Waals surface area contributed by atoms with Gasteiger partial charge in [-0.2, -0.15) is 5.10 Å². The molecule has 3 rings (SSSR count). The van der Waals surface area contributed by atoms with Gasteiger partial charge < -0.3 is 10.6 Å². The number of nitrogens with one attached hydrogen (secondary N) is 2. The summed E-state index contributed by atoms with van der Waals surface area (Å²) < 4.78 is 1.83. The Kier molecular flexibility index (Phi) is 4.29. The molecule has 1 aromatic heterocycles. The fraction of sp³-hybridized carbons (Fsp3) is 0.750. The summed E-state index contributed by atoms with van der Waals surface area (Å²) in [6.07, 6.45) is 6.32. The highest BCUT2D eigenvalue weighted by Crippen LogP contribution is 2.29. The van der Waals surface area contributed by atoms with Crippen LogP contribution in [0, 0.1) is 11.8 Å². The monoisotopic (exact) mass is 290 g/mol. The Bertz CT molecular complexity index is 517. The molecule has 1 saturated heterocycles. The molecule has 1 aliphatic carbocycles. The molecule has 2 aliphatic rings. The number of rotatable bonds is 4. The van der Waals surface area contributed by atoms with Gasteiger partial charge in [-0.3, -0.25) is 9.48 Å². The number of carbonyl (C=O) groups is 1. The van der Waals surface area contributed by atoms with Gasteiger partial charge in [-0.15, -0.1) is 0 Å². The summed E-state index contributed by atoms with van der Waals surface area (Å²) in [5, 5.41) is 11.0. The standard InChI is InChI=1S/C16H26N4O/c1-11(12-5-4-8-17-10-12)9-15(21)18-16-13-6-3-7-14(13)19-20(16)2/h11-12,17H,3-10H2,1-2H3,(H,18,21). The number of carbonyl (C=O) groups excluding carboxylic acids is 1. The number of aryl methyl sites for hydroxylation is 2. The van der Waals surface area contributed by atoms with E-state index < -0.39 is 0 Å². The highest BCUT2D eigenvalue weighted by molar-refractivity contribution is 5.91. The Balaban J connectivity index is 1.59. The van der Waals surface area contributed by atoms with Crippen molar-refractivity contribution in [3.05, 3.63) is 11.3 Å². The third-order valence-electron chi connectivity index (χ3n) is 4.97. The number of fused-ring (bicyclic) bond motifs is 1. The highest BCUT2D eigenvalue weighted by atomic mass is 16.1. The highest BCUT2D eigenvalue weighted by Gasteiger charge is 2.25. The number of anilines is 1. The maximum absolute atomic E-state index is 12.3. The molecule has 2 N–H and O–H groups in total. The summed E-state index contributed by atoms with van der Waals surface area (Å²) in [5.74, 6) is 2.10. The van der Waals surface area contributed by atoms with Crippen LogP contribution in [-0.4, -0.2) is 28.8 Å². The molecule has 1 amide bonds. The number of hydrogen-bond donors (Lipinski definition) is 2. The van der Waals surface area contributed by atoms with Crippen molar-refractivity contribution < 1.29 is 4.79 Å². The molecule has 1 fully saturated rings. The van der Waals surface area contributed by atoms with E-state index in [0.717, 1.165) is 43.9 Å². The first kappa shape index (κ1) is 14.6. The fourth-order valence-electron chi connectivity index (χ4n) is 3.68. The molecule has 0 radical (unpaired) electrons. The predicted octanol–water partition coefficient (Wildman–Crippen LogP) is 1.87. The summed E-state index contributed by atoms with van der Waals surface area (Å²) in [4.78, 5) is 12.3. The van der Waals surface area contributed by atoms with Gasteiger partial charge in [0.1, 0.15) is 5.82 Å². The average molecular weight is 290 g/mol. The van der Waals surface area contributed by atoms with E-state index in [1.165, 1.54) is 18.4 Å². The Morgan fingerprint density at radius 1 is 1.48 bits per heavy atom. The zero-order chi connectivity index (χ0) is 14.8. The smallest absolute Gasteiger partial charge is 0.225 e. The molecular weight excluding hydrogens is 264 g/mol. The molecule has 2 heterocycles. The van der Waals surface area contributed by atoms with Gasteiger partial charge in [0.15, 0.2) is 0 Å². The third kappa shape index (κ3) is 3.12. The van der Waals surface area contributed by atoms with Crippen molar-refractivity contribution in [1.29, 1.82) is 0 Å². The van der Waals surface area contributed by atoms with Crippen molar-refractivity contribution in [2.75, 3.05) is 18.4 Å². The first-order valence-electron chi connectivity index (χ1n) is 8.20. The van der Waals surface area contributed by atoms with Gasteiger partial charge in [-0.25, -0.2) is 0 Å². The molecule has 0 saturated carbocycles. The Morgan fingerprint density at radius 2 is 2.33 bits per heavy atom. The van der Waals surface area contributed by atoms with E-state index in [1.807, 2.05) is 11.7 Å². The number of piperidine rings is 1. The lowest BCUT2D eigenvalue weighted by atomic mass is 9.85. The van der Waals surface area contributed by atoms with Gasteiger partial charge in [0.25, 0.3) is 0 Å². The molecule has 5 heteroatoms. The van der Waals surface area contributed by atoms with Gasteiger partial charge in [0, 0.05) is 19.0 Å². The Morgan fingerprint density at radius 3 is 3.10 bits per heavy atom. The molecule has 2 unspecified atom stereocenters. The lowest BCUT2D eigenvalue weighted by Gasteiger charge is -2.28. The second kappa shape index (κ2) is 6.18. The quantitative estimate of drug-likeness (QED) is 0.890. The van der Waals surface area contributed by atoms with Crippen LogP contribution in [-0.2, 0) is 24.7 Å². The van der Waals surface area contributed by atoms with E-state index >= 15 is 0 Å². The van der Waals surface area contributed by atoms with Crippen molar-refractivity contribution in [3.63, 3.8) is 0 Å². The van der Waals surface area contributed by atoms with E-state index in [-0.39, 0.29) is 5.91 Å². The van der Waals surface area contributed by atoms with E-state index in [2.05, 4.69) is 22.7 Å². The topological polar surface area (TPSA) is 59.0 Å². The van der Waals surface area contributed by atoms with E-state index in [4.69, 9.17) is 0 Å². The number of aromatic nitrogens is 2. The molecule has 0 aromatic carbocycles. The van der Waals surface area contributed by atoms with Crippen LogP contribution in [0.3, 0.4) is 0 Å². The molecule has 1 aromatic rings. The predicted molar refractivity (Wildman–Crippen MR) is 83.2 cm³/mol. The van der Waals surface area contributed by atoms with E-state index in [1.54, 1.807) is 0 Å². The van der Waals surface area contributed by atoms with Crippen molar-refractivity contribution in [2.24, 2.45) is 18.9 Å². The summed E-state index contributed by atoms with van der Waals surface area (Å²) in [6.45, 7) is 4.37. The second-order valence-electron chi connectivity index (χ2n) is 6.59. The Labute approximate surface area is 126 Å². The van der Waals surface area contributed by atoms with Crippen molar-refractivity contribution in [2.45, 2.75) is 45.4 Å². The molecule has 0 bridgehead atoms. The molecule has 21 heavy (non-hydrogen) atoms. The largest absolute Gasteiger partial charge is 0.316 e. The van der Waals surface area contributed by atoms with Crippen molar-refractivity contribution >= 4 is 11.7 Å². The van der Waals surface area contributed by atoms with Crippen LogP contribution >= 0.6 is 0 Å². The summed E-state index contributed by atoms with van der Waals surface area (Å²) in [7, 11) is 1.92. The normalized spacial score (nSPS) is 22.9. The maximum Gasteiger partial charge on any atom is 0.225 e.